The molecule has 1 aromatic heterocycles. The molecule has 0 bridgehead atoms. The Morgan fingerprint density at radius 2 is 1.73 bits per heavy atom. The van der Waals surface area contributed by atoms with Crippen LogP contribution in [0.1, 0.15) is 21.5 Å². The third-order valence-corrected chi connectivity index (χ3v) is 4.04. The van der Waals surface area contributed by atoms with Crippen LogP contribution in [0.4, 0.5) is 5.82 Å². The van der Waals surface area contributed by atoms with Crippen molar-refractivity contribution >= 4 is 11.7 Å². The zero-order chi connectivity index (χ0) is 18.5. The van der Waals surface area contributed by atoms with Crippen LogP contribution >= 0.6 is 0 Å². The van der Waals surface area contributed by atoms with Crippen molar-refractivity contribution in [3.8, 4) is 11.4 Å². The number of amides is 1. The average Bonchev–Trinajstić information content (AvgIpc) is 2.67. The maximum Gasteiger partial charge on any atom is 0.256 e. The van der Waals surface area contributed by atoms with E-state index >= 15 is 0 Å². The largest absolute Gasteiger partial charge is 0.362 e. The fourth-order valence-corrected chi connectivity index (χ4v) is 2.59. The SMILES string of the molecule is Cc1ccc(-c2ncc(C(=O)NCc3ccccc3)c(N(C)C)n2)cc1. The monoisotopic (exact) mass is 346 g/mol. The van der Waals surface area contributed by atoms with Gasteiger partial charge in [0.2, 0.25) is 0 Å². The highest BCUT2D eigenvalue weighted by Gasteiger charge is 2.16. The first kappa shape index (κ1) is 17.6. The van der Waals surface area contributed by atoms with Crippen molar-refractivity contribution in [1.82, 2.24) is 15.3 Å². The molecule has 0 saturated carbocycles. The van der Waals surface area contributed by atoms with Crippen LogP contribution in [0.25, 0.3) is 11.4 Å². The first-order valence-corrected chi connectivity index (χ1v) is 8.48. The van der Waals surface area contributed by atoms with E-state index in [0.717, 1.165) is 11.1 Å². The van der Waals surface area contributed by atoms with Crippen molar-refractivity contribution in [2.24, 2.45) is 0 Å². The van der Waals surface area contributed by atoms with Gasteiger partial charge in [-0.1, -0.05) is 60.2 Å². The van der Waals surface area contributed by atoms with Gasteiger partial charge in [0.15, 0.2) is 5.82 Å². The second-order valence-corrected chi connectivity index (χ2v) is 6.36. The molecule has 0 atom stereocenters. The van der Waals surface area contributed by atoms with E-state index in [1.54, 1.807) is 6.20 Å². The molecule has 0 aliphatic heterocycles. The van der Waals surface area contributed by atoms with Gasteiger partial charge in [-0.15, -0.1) is 0 Å². The maximum atomic E-state index is 12.6. The summed E-state index contributed by atoms with van der Waals surface area (Å²) in [5.74, 6) is 1.02. The second kappa shape index (κ2) is 7.78. The van der Waals surface area contributed by atoms with Crippen molar-refractivity contribution in [2.45, 2.75) is 13.5 Å². The minimum atomic E-state index is -0.187. The van der Waals surface area contributed by atoms with Crippen LogP contribution in [-0.4, -0.2) is 30.0 Å². The zero-order valence-corrected chi connectivity index (χ0v) is 15.2. The Labute approximate surface area is 153 Å². The molecule has 0 aliphatic rings. The summed E-state index contributed by atoms with van der Waals surface area (Å²) in [5, 5.41) is 2.93. The van der Waals surface area contributed by atoms with Gasteiger partial charge >= 0.3 is 0 Å². The molecule has 0 fully saturated rings. The molecule has 5 nitrogen and oxygen atoms in total. The van der Waals surface area contributed by atoms with Crippen LogP contribution in [0.5, 0.6) is 0 Å². The number of aryl methyl sites for hydroxylation is 1. The van der Waals surface area contributed by atoms with Gasteiger partial charge in [-0.2, -0.15) is 0 Å². The van der Waals surface area contributed by atoms with Crippen LogP contribution in [0.3, 0.4) is 0 Å². The molecule has 1 amide bonds. The molecule has 0 saturated heterocycles. The third kappa shape index (κ3) is 4.06. The van der Waals surface area contributed by atoms with Gasteiger partial charge in [0.25, 0.3) is 5.91 Å². The smallest absolute Gasteiger partial charge is 0.256 e. The summed E-state index contributed by atoms with van der Waals surface area (Å²) < 4.78 is 0. The van der Waals surface area contributed by atoms with Gasteiger partial charge in [0.1, 0.15) is 11.4 Å². The summed E-state index contributed by atoms with van der Waals surface area (Å²) in [6.07, 6.45) is 1.60. The van der Waals surface area contributed by atoms with Gasteiger partial charge in [0, 0.05) is 32.4 Å². The van der Waals surface area contributed by atoms with E-state index in [1.165, 1.54) is 5.56 Å². The van der Waals surface area contributed by atoms with Crippen LogP contribution in [0, 0.1) is 6.92 Å². The minimum Gasteiger partial charge on any atom is -0.362 e. The number of nitrogens with zero attached hydrogens (tertiary/aromatic N) is 3. The first-order valence-electron chi connectivity index (χ1n) is 8.48. The number of aromatic nitrogens is 2. The van der Waals surface area contributed by atoms with Crippen molar-refractivity contribution in [1.29, 1.82) is 0 Å². The van der Waals surface area contributed by atoms with E-state index in [2.05, 4.69) is 15.3 Å². The lowest BCUT2D eigenvalue weighted by molar-refractivity contribution is 0.0951. The molecular formula is C21H22N4O. The molecule has 3 aromatic rings. The Morgan fingerprint density at radius 1 is 1.04 bits per heavy atom. The fraction of sp³-hybridized carbons (Fsp3) is 0.190. The zero-order valence-electron chi connectivity index (χ0n) is 15.2. The summed E-state index contributed by atoms with van der Waals surface area (Å²) in [6.45, 7) is 2.50. The Kier molecular flexibility index (Phi) is 5.27. The van der Waals surface area contributed by atoms with Crippen LogP contribution in [0.2, 0.25) is 0 Å². The maximum absolute atomic E-state index is 12.6. The number of carbonyl (C=O) groups is 1. The quantitative estimate of drug-likeness (QED) is 0.769. The molecule has 1 heterocycles. The second-order valence-electron chi connectivity index (χ2n) is 6.36. The topological polar surface area (TPSA) is 58.1 Å². The van der Waals surface area contributed by atoms with Gasteiger partial charge in [-0.3, -0.25) is 4.79 Å². The van der Waals surface area contributed by atoms with E-state index in [4.69, 9.17) is 0 Å². The van der Waals surface area contributed by atoms with E-state index < -0.39 is 0 Å². The predicted octanol–water partition coefficient (Wildman–Crippen LogP) is 3.45. The standard InChI is InChI=1S/C21H22N4O/c1-15-9-11-17(12-10-15)19-22-14-18(20(24-19)25(2)3)21(26)23-13-16-7-5-4-6-8-16/h4-12,14H,13H2,1-3H3,(H,23,26). The number of hydrogen-bond acceptors (Lipinski definition) is 4. The number of benzene rings is 2. The van der Waals surface area contributed by atoms with Crippen molar-refractivity contribution < 1.29 is 4.79 Å². The van der Waals surface area contributed by atoms with Crippen LogP contribution in [-0.2, 0) is 6.54 Å². The number of carbonyl (C=O) groups excluding carboxylic acids is 1. The van der Waals surface area contributed by atoms with Gasteiger partial charge in [-0.05, 0) is 12.5 Å². The molecule has 0 radical (unpaired) electrons. The highest BCUT2D eigenvalue weighted by atomic mass is 16.1. The van der Waals surface area contributed by atoms with E-state index in [-0.39, 0.29) is 5.91 Å². The predicted molar refractivity (Wildman–Crippen MR) is 104 cm³/mol. The Balaban J connectivity index is 1.84. The Morgan fingerprint density at radius 3 is 2.38 bits per heavy atom. The van der Waals surface area contributed by atoms with Crippen LogP contribution < -0.4 is 10.2 Å². The summed E-state index contributed by atoms with van der Waals surface area (Å²) in [4.78, 5) is 23.4. The molecular weight excluding hydrogens is 324 g/mol. The highest BCUT2D eigenvalue weighted by molar-refractivity contribution is 5.98. The molecule has 1 N–H and O–H groups in total. The molecule has 0 spiro atoms. The van der Waals surface area contributed by atoms with Gasteiger partial charge < -0.3 is 10.2 Å². The van der Waals surface area contributed by atoms with E-state index in [9.17, 15) is 4.79 Å². The average molecular weight is 346 g/mol. The lowest BCUT2D eigenvalue weighted by atomic mass is 10.1. The number of hydrogen-bond donors (Lipinski definition) is 1. The molecule has 0 unspecified atom stereocenters. The number of anilines is 1. The fourth-order valence-electron chi connectivity index (χ4n) is 2.59. The van der Waals surface area contributed by atoms with E-state index in [0.29, 0.717) is 23.8 Å². The molecule has 0 aliphatic carbocycles. The first-order chi connectivity index (χ1) is 12.5. The molecule has 132 valence electrons. The summed E-state index contributed by atoms with van der Waals surface area (Å²) >= 11 is 0. The number of nitrogens with one attached hydrogen (secondary N) is 1. The number of rotatable bonds is 5. The Hall–Kier alpha value is -3.21. The summed E-state index contributed by atoms with van der Waals surface area (Å²) in [6, 6.07) is 17.8. The summed E-state index contributed by atoms with van der Waals surface area (Å²) in [7, 11) is 3.74. The van der Waals surface area contributed by atoms with Crippen molar-refractivity contribution in [2.75, 3.05) is 19.0 Å². The molecule has 5 heteroatoms. The van der Waals surface area contributed by atoms with Gasteiger partial charge in [0.05, 0.1) is 0 Å². The highest BCUT2D eigenvalue weighted by Crippen LogP contribution is 2.21. The minimum absolute atomic E-state index is 0.187. The molecule has 2 aromatic carbocycles. The van der Waals surface area contributed by atoms with Crippen molar-refractivity contribution in [3.05, 3.63) is 77.5 Å². The normalized spacial score (nSPS) is 10.4. The summed E-state index contributed by atoms with van der Waals surface area (Å²) in [5.41, 5.74) is 3.61. The van der Waals surface area contributed by atoms with Crippen LogP contribution in [0.15, 0.2) is 60.8 Å². The molecule has 3 rings (SSSR count). The van der Waals surface area contributed by atoms with Gasteiger partial charge in [-0.25, -0.2) is 9.97 Å². The van der Waals surface area contributed by atoms with E-state index in [1.807, 2.05) is 80.5 Å². The lowest BCUT2D eigenvalue weighted by Gasteiger charge is -2.17. The van der Waals surface area contributed by atoms with Crippen molar-refractivity contribution in [3.63, 3.8) is 0 Å². The lowest BCUT2D eigenvalue weighted by Crippen LogP contribution is -2.26. The Bertz CT molecular complexity index is 890. The third-order valence-electron chi connectivity index (χ3n) is 4.04. The molecule has 26 heavy (non-hydrogen) atoms.